The van der Waals surface area contributed by atoms with Gasteiger partial charge in [-0.2, -0.15) is 0 Å². The van der Waals surface area contributed by atoms with Crippen LogP contribution in [0.5, 0.6) is 0 Å². The summed E-state index contributed by atoms with van der Waals surface area (Å²) in [6, 6.07) is 5.57. The van der Waals surface area contributed by atoms with Gasteiger partial charge in [-0.3, -0.25) is 9.59 Å². The van der Waals surface area contributed by atoms with Gasteiger partial charge < -0.3 is 10.0 Å². The van der Waals surface area contributed by atoms with Crippen LogP contribution in [0.2, 0.25) is 5.02 Å². The number of carboxylic acids is 1. The molecule has 0 heterocycles. The third kappa shape index (κ3) is 5.73. The van der Waals surface area contributed by atoms with Crippen molar-refractivity contribution in [2.75, 3.05) is 19.3 Å². The monoisotopic (exact) mass is 333 g/mol. The molecule has 0 aliphatic carbocycles. The molecule has 0 atom stereocenters. The summed E-state index contributed by atoms with van der Waals surface area (Å²) in [7, 11) is -2.28. The minimum atomic E-state index is -3.73. The van der Waals surface area contributed by atoms with Crippen molar-refractivity contribution in [1.29, 1.82) is 0 Å². The minimum absolute atomic E-state index is 0.0270. The molecule has 0 aromatic heterocycles. The summed E-state index contributed by atoms with van der Waals surface area (Å²) in [6.07, 6.45) is 0.208. The predicted octanol–water partition coefficient (Wildman–Crippen LogP) is 1.44. The number of hydrogen-bond acceptors (Lipinski definition) is 4. The first-order chi connectivity index (χ1) is 9.72. The number of nitrogens with zero attached hydrogens (tertiary/aromatic N) is 1. The highest BCUT2D eigenvalue weighted by Crippen LogP contribution is 2.15. The summed E-state index contributed by atoms with van der Waals surface area (Å²) in [4.78, 5) is 23.5. The fraction of sp³-hybridized carbons (Fsp3) is 0.385. The zero-order valence-electron chi connectivity index (χ0n) is 11.5. The predicted molar refractivity (Wildman–Crippen MR) is 78.0 cm³/mol. The summed E-state index contributed by atoms with van der Waals surface area (Å²) < 4.78 is 24.1. The first-order valence-corrected chi connectivity index (χ1v) is 8.19. The molecule has 0 saturated heterocycles. The van der Waals surface area contributed by atoms with E-state index in [1.165, 1.54) is 36.2 Å². The number of carbonyl (C=O) groups excluding carboxylic acids is 1. The molecule has 0 unspecified atom stereocenters. The topological polar surface area (TPSA) is 91.8 Å². The van der Waals surface area contributed by atoms with E-state index in [4.69, 9.17) is 16.7 Å². The van der Waals surface area contributed by atoms with Crippen LogP contribution in [-0.4, -0.2) is 49.6 Å². The highest BCUT2D eigenvalue weighted by molar-refractivity contribution is 7.92. The van der Waals surface area contributed by atoms with Crippen molar-refractivity contribution in [2.24, 2.45) is 0 Å². The van der Waals surface area contributed by atoms with Crippen LogP contribution in [0.4, 0.5) is 0 Å². The smallest absolute Gasteiger partial charge is 0.303 e. The Hall–Kier alpha value is -1.60. The van der Waals surface area contributed by atoms with Gasteiger partial charge in [0.25, 0.3) is 0 Å². The van der Waals surface area contributed by atoms with E-state index in [1.807, 2.05) is 0 Å². The second kappa shape index (κ2) is 7.42. The molecule has 0 aliphatic heterocycles. The molecule has 1 amide bonds. The van der Waals surface area contributed by atoms with Gasteiger partial charge in [-0.15, -0.1) is 0 Å². The molecule has 6 nitrogen and oxygen atoms in total. The molecule has 0 bridgehead atoms. The van der Waals surface area contributed by atoms with E-state index in [2.05, 4.69) is 0 Å². The molecular weight excluding hydrogens is 318 g/mol. The van der Waals surface area contributed by atoms with Crippen molar-refractivity contribution in [1.82, 2.24) is 4.90 Å². The van der Waals surface area contributed by atoms with Gasteiger partial charge in [0.15, 0.2) is 9.84 Å². The van der Waals surface area contributed by atoms with Gasteiger partial charge in [0, 0.05) is 25.0 Å². The maximum atomic E-state index is 12.1. The van der Waals surface area contributed by atoms with Crippen molar-refractivity contribution in [2.45, 2.75) is 17.7 Å². The minimum Gasteiger partial charge on any atom is -0.481 e. The lowest BCUT2D eigenvalue weighted by molar-refractivity contribution is -0.137. The molecule has 0 aliphatic rings. The molecule has 1 aromatic carbocycles. The van der Waals surface area contributed by atoms with Gasteiger partial charge >= 0.3 is 5.97 Å². The van der Waals surface area contributed by atoms with Crippen molar-refractivity contribution >= 4 is 33.3 Å². The van der Waals surface area contributed by atoms with E-state index in [9.17, 15) is 18.0 Å². The second-order valence-electron chi connectivity index (χ2n) is 4.53. The number of amides is 1. The Balaban J connectivity index is 2.64. The Morgan fingerprint density at radius 2 is 1.81 bits per heavy atom. The van der Waals surface area contributed by atoms with Crippen LogP contribution < -0.4 is 0 Å². The number of sulfone groups is 1. The van der Waals surface area contributed by atoms with E-state index < -0.39 is 27.5 Å². The summed E-state index contributed by atoms with van der Waals surface area (Å²) >= 11 is 5.68. The third-order valence-corrected chi connectivity index (χ3v) is 4.67. The SMILES string of the molecule is CN(CCCC(=O)O)C(=O)CS(=O)(=O)c1ccc(Cl)cc1. The van der Waals surface area contributed by atoms with Gasteiger partial charge in [0.1, 0.15) is 5.75 Å². The lowest BCUT2D eigenvalue weighted by Gasteiger charge is -2.16. The lowest BCUT2D eigenvalue weighted by atomic mass is 10.3. The number of carboxylic acid groups (broad SMARTS) is 1. The molecule has 1 rings (SSSR count). The van der Waals surface area contributed by atoms with Crippen LogP contribution in [0, 0.1) is 0 Å². The summed E-state index contributed by atoms with van der Waals surface area (Å²) in [5, 5.41) is 8.92. The normalized spacial score (nSPS) is 11.1. The Labute approximate surface area is 128 Å². The van der Waals surface area contributed by atoms with Crippen molar-refractivity contribution in [3.8, 4) is 0 Å². The first-order valence-electron chi connectivity index (χ1n) is 6.16. The first kappa shape index (κ1) is 17.5. The number of hydrogen-bond donors (Lipinski definition) is 1. The van der Waals surface area contributed by atoms with Crippen LogP contribution in [-0.2, 0) is 19.4 Å². The fourth-order valence-electron chi connectivity index (χ4n) is 1.59. The molecule has 1 N–H and O–H groups in total. The highest BCUT2D eigenvalue weighted by Gasteiger charge is 2.21. The standard InChI is InChI=1S/C13H16ClNO5S/c1-15(8-2-3-13(17)18)12(16)9-21(19,20)11-6-4-10(14)5-7-11/h4-7H,2-3,8-9H2,1H3,(H,17,18). The average Bonchev–Trinajstić information content (AvgIpc) is 2.38. The van der Waals surface area contributed by atoms with Crippen molar-refractivity contribution in [3.63, 3.8) is 0 Å². The number of aliphatic carboxylic acids is 1. The largest absolute Gasteiger partial charge is 0.481 e. The number of benzene rings is 1. The van der Waals surface area contributed by atoms with Gasteiger partial charge in [-0.25, -0.2) is 8.42 Å². The number of carbonyl (C=O) groups is 2. The second-order valence-corrected chi connectivity index (χ2v) is 6.95. The lowest BCUT2D eigenvalue weighted by Crippen LogP contribution is -2.33. The Kier molecular flexibility index (Phi) is 6.17. The van der Waals surface area contributed by atoms with E-state index in [0.29, 0.717) is 5.02 Å². The fourth-order valence-corrected chi connectivity index (χ4v) is 2.98. The molecule has 8 heteroatoms. The van der Waals surface area contributed by atoms with Crippen LogP contribution in [0.15, 0.2) is 29.2 Å². The zero-order valence-corrected chi connectivity index (χ0v) is 13.0. The molecule has 0 fully saturated rings. The maximum absolute atomic E-state index is 12.1. The zero-order chi connectivity index (χ0) is 16.0. The van der Waals surface area contributed by atoms with Gasteiger partial charge in [-0.1, -0.05) is 11.6 Å². The maximum Gasteiger partial charge on any atom is 0.303 e. The van der Waals surface area contributed by atoms with Gasteiger partial charge in [0.05, 0.1) is 4.90 Å². The quantitative estimate of drug-likeness (QED) is 0.815. The Morgan fingerprint density at radius 1 is 1.24 bits per heavy atom. The van der Waals surface area contributed by atoms with Crippen molar-refractivity contribution < 1.29 is 23.1 Å². The molecule has 116 valence electrons. The van der Waals surface area contributed by atoms with Crippen LogP contribution >= 0.6 is 11.6 Å². The molecule has 0 saturated carbocycles. The molecular formula is C13H16ClNO5S. The number of rotatable bonds is 7. The average molecular weight is 334 g/mol. The van der Waals surface area contributed by atoms with Crippen molar-refractivity contribution in [3.05, 3.63) is 29.3 Å². The van der Waals surface area contributed by atoms with Crippen LogP contribution in [0.1, 0.15) is 12.8 Å². The van der Waals surface area contributed by atoms with E-state index >= 15 is 0 Å². The highest BCUT2D eigenvalue weighted by atomic mass is 35.5. The molecule has 0 spiro atoms. The number of halogens is 1. The van der Waals surface area contributed by atoms with Gasteiger partial charge in [0.2, 0.25) is 5.91 Å². The van der Waals surface area contributed by atoms with Crippen LogP contribution in [0.25, 0.3) is 0 Å². The molecule has 1 aromatic rings. The molecule has 21 heavy (non-hydrogen) atoms. The summed E-state index contributed by atoms with van der Waals surface area (Å²) in [5.41, 5.74) is 0. The molecule has 0 radical (unpaired) electrons. The summed E-state index contributed by atoms with van der Waals surface area (Å²) in [5.74, 6) is -2.18. The third-order valence-electron chi connectivity index (χ3n) is 2.80. The van der Waals surface area contributed by atoms with Gasteiger partial charge in [-0.05, 0) is 30.7 Å². The Bertz CT molecular complexity index is 612. The van der Waals surface area contributed by atoms with Crippen LogP contribution in [0.3, 0.4) is 0 Å². The van der Waals surface area contributed by atoms with E-state index in [1.54, 1.807) is 0 Å². The summed E-state index contributed by atoms with van der Waals surface area (Å²) in [6.45, 7) is 0.196. The van der Waals surface area contributed by atoms with E-state index in [-0.39, 0.29) is 24.3 Å². The van der Waals surface area contributed by atoms with E-state index in [0.717, 1.165) is 0 Å². The Morgan fingerprint density at radius 3 is 2.33 bits per heavy atom.